The number of rotatable bonds is 3. The molecule has 0 bridgehead atoms. The number of hydrogen-bond donors (Lipinski definition) is 2. The molecule has 3 N–H and O–H groups in total. The van der Waals surface area contributed by atoms with E-state index in [4.69, 9.17) is 10.8 Å². The first-order valence-electron chi connectivity index (χ1n) is 4.96. The maximum Gasteiger partial charge on any atom is 0.305 e. The predicted molar refractivity (Wildman–Crippen MR) is 51.0 cm³/mol. The van der Waals surface area contributed by atoms with Crippen LogP contribution in [0.4, 0.5) is 8.78 Å². The maximum atomic E-state index is 13.0. The van der Waals surface area contributed by atoms with Crippen molar-refractivity contribution in [1.29, 1.82) is 0 Å². The Labute approximate surface area is 91.2 Å². The minimum Gasteiger partial charge on any atom is -0.481 e. The number of aliphatic carboxylic acids is 1. The second kappa shape index (κ2) is 4.73. The van der Waals surface area contributed by atoms with Crippen molar-refractivity contribution in [3.63, 3.8) is 0 Å². The highest BCUT2D eigenvalue weighted by Crippen LogP contribution is 2.26. The molecule has 0 aromatic rings. The standard InChI is InChI=1S/C9H14F2N2O3/c10-9(11)2-1-3-13(5-9)8(16)6(12)4-7(14)15/h6H,1-5,12H2,(H,14,15). The van der Waals surface area contributed by atoms with Crippen molar-refractivity contribution < 1.29 is 23.5 Å². The molecule has 1 atom stereocenters. The summed E-state index contributed by atoms with van der Waals surface area (Å²) in [5.74, 6) is -4.83. The van der Waals surface area contributed by atoms with Crippen LogP contribution in [0.2, 0.25) is 0 Å². The van der Waals surface area contributed by atoms with Crippen molar-refractivity contribution in [3.8, 4) is 0 Å². The van der Waals surface area contributed by atoms with Gasteiger partial charge in [-0.05, 0) is 6.42 Å². The van der Waals surface area contributed by atoms with Gasteiger partial charge in [0.25, 0.3) is 5.92 Å². The van der Waals surface area contributed by atoms with Crippen LogP contribution in [0, 0.1) is 0 Å². The van der Waals surface area contributed by atoms with E-state index < -0.39 is 36.8 Å². The van der Waals surface area contributed by atoms with Gasteiger partial charge in [0.05, 0.1) is 19.0 Å². The van der Waals surface area contributed by atoms with Crippen LogP contribution in [0.5, 0.6) is 0 Å². The summed E-state index contributed by atoms with van der Waals surface area (Å²) in [5, 5.41) is 8.43. The number of carbonyl (C=O) groups is 2. The molecule has 1 rings (SSSR count). The summed E-state index contributed by atoms with van der Waals surface area (Å²) >= 11 is 0. The monoisotopic (exact) mass is 236 g/mol. The minimum absolute atomic E-state index is 0.207. The molecule has 0 spiro atoms. The Morgan fingerprint density at radius 1 is 1.50 bits per heavy atom. The van der Waals surface area contributed by atoms with E-state index in [1.807, 2.05) is 0 Å². The van der Waals surface area contributed by atoms with Crippen LogP contribution >= 0.6 is 0 Å². The number of carboxylic acids is 1. The lowest BCUT2D eigenvalue weighted by atomic mass is 10.1. The lowest BCUT2D eigenvalue weighted by molar-refractivity contribution is -0.147. The van der Waals surface area contributed by atoms with E-state index in [0.29, 0.717) is 0 Å². The van der Waals surface area contributed by atoms with Gasteiger partial charge in [-0.25, -0.2) is 8.78 Å². The highest BCUT2D eigenvalue weighted by atomic mass is 19.3. The van der Waals surface area contributed by atoms with Crippen LogP contribution in [0.15, 0.2) is 0 Å². The van der Waals surface area contributed by atoms with E-state index >= 15 is 0 Å². The first-order valence-corrected chi connectivity index (χ1v) is 4.96. The molecule has 0 aliphatic carbocycles. The predicted octanol–water partition coefficient (Wildman–Crippen LogP) is 0.0461. The van der Waals surface area contributed by atoms with Gasteiger partial charge in [0.15, 0.2) is 0 Å². The number of likely N-dealkylation sites (tertiary alicyclic amines) is 1. The summed E-state index contributed by atoms with van der Waals surface area (Å²) in [4.78, 5) is 22.8. The van der Waals surface area contributed by atoms with Crippen LogP contribution in [0.25, 0.3) is 0 Å². The Morgan fingerprint density at radius 2 is 2.12 bits per heavy atom. The number of nitrogens with two attached hydrogens (primary N) is 1. The summed E-state index contributed by atoms with van der Waals surface area (Å²) in [6, 6.07) is -1.24. The molecule has 1 saturated heterocycles. The fourth-order valence-corrected chi connectivity index (χ4v) is 1.66. The Bertz CT molecular complexity index is 296. The molecule has 1 aliphatic rings. The van der Waals surface area contributed by atoms with E-state index in [1.54, 1.807) is 0 Å². The van der Waals surface area contributed by atoms with Crippen LogP contribution in [0.3, 0.4) is 0 Å². The average Bonchev–Trinajstić information content (AvgIpc) is 2.13. The SMILES string of the molecule is NC(CC(=O)O)C(=O)N1CCCC(F)(F)C1. The van der Waals surface area contributed by atoms with Crippen molar-refractivity contribution >= 4 is 11.9 Å². The lowest BCUT2D eigenvalue weighted by Gasteiger charge is -2.33. The van der Waals surface area contributed by atoms with E-state index in [1.165, 1.54) is 0 Å². The molecule has 0 aromatic carbocycles. The van der Waals surface area contributed by atoms with Crippen LogP contribution in [-0.4, -0.2) is 46.9 Å². The molecule has 92 valence electrons. The molecule has 1 amide bonds. The third-order valence-electron chi connectivity index (χ3n) is 2.42. The number of amides is 1. The van der Waals surface area contributed by atoms with Gasteiger partial charge in [-0.15, -0.1) is 0 Å². The first-order chi connectivity index (χ1) is 7.32. The summed E-state index contributed by atoms with van der Waals surface area (Å²) in [7, 11) is 0. The number of alkyl halides is 2. The molecule has 16 heavy (non-hydrogen) atoms. The summed E-state index contributed by atoms with van der Waals surface area (Å²) < 4.78 is 26.0. The third kappa shape index (κ3) is 3.41. The van der Waals surface area contributed by atoms with Crippen LogP contribution < -0.4 is 5.73 Å². The van der Waals surface area contributed by atoms with Gasteiger partial charge >= 0.3 is 5.97 Å². The first kappa shape index (κ1) is 12.8. The van der Waals surface area contributed by atoms with E-state index in [2.05, 4.69) is 0 Å². The molecule has 1 unspecified atom stereocenters. The zero-order valence-electron chi connectivity index (χ0n) is 8.66. The van der Waals surface area contributed by atoms with Crippen molar-refractivity contribution in [2.24, 2.45) is 5.73 Å². The van der Waals surface area contributed by atoms with Gasteiger partial charge < -0.3 is 15.7 Å². The zero-order valence-corrected chi connectivity index (χ0v) is 8.66. The Morgan fingerprint density at radius 3 is 2.62 bits per heavy atom. The van der Waals surface area contributed by atoms with Crippen molar-refractivity contribution in [2.45, 2.75) is 31.2 Å². The molecule has 0 radical (unpaired) electrons. The van der Waals surface area contributed by atoms with Crippen LogP contribution in [-0.2, 0) is 9.59 Å². The average molecular weight is 236 g/mol. The highest BCUT2D eigenvalue weighted by molar-refractivity contribution is 5.86. The fraction of sp³-hybridized carbons (Fsp3) is 0.778. The number of nitrogens with zero attached hydrogens (tertiary/aromatic N) is 1. The van der Waals surface area contributed by atoms with Crippen LogP contribution in [0.1, 0.15) is 19.3 Å². The molecule has 5 nitrogen and oxygen atoms in total. The second-order valence-corrected chi connectivity index (χ2v) is 3.92. The Hall–Kier alpha value is -1.24. The minimum atomic E-state index is -2.89. The largest absolute Gasteiger partial charge is 0.481 e. The number of halogens is 2. The zero-order chi connectivity index (χ0) is 12.3. The number of hydrogen-bond acceptors (Lipinski definition) is 3. The smallest absolute Gasteiger partial charge is 0.305 e. The molecule has 0 saturated carbocycles. The lowest BCUT2D eigenvalue weighted by Crippen LogP contribution is -2.51. The topological polar surface area (TPSA) is 83.6 Å². The number of piperidine rings is 1. The van der Waals surface area contributed by atoms with Crippen molar-refractivity contribution in [1.82, 2.24) is 4.90 Å². The molecule has 1 heterocycles. The summed E-state index contributed by atoms with van der Waals surface area (Å²) in [6.07, 6.45) is -0.579. The normalized spacial score (nSPS) is 21.6. The van der Waals surface area contributed by atoms with Gasteiger partial charge in [0.2, 0.25) is 5.91 Å². The number of carbonyl (C=O) groups excluding carboxylic acids is 1. The fourth-order valence-electron chi connectivity index (χ4n) is 1.66. The molecule has 7 heteroatoms. The molecule has 1 fully saturated rings. The summed E-state index contributed by atoms with van der Waals surface area (Å²) in [6.45, 7) is -0.457. The van der Waals surface area contributed by atoms with Crippen molar-refractivity contribution in [3.05, 3.63) is 0 Å². The van der Waals surface area contributed by atoms with E-state index in [-0.39, 0.29) is 19.4 Å². The second-order valence-electron chi connectivity index (χ2n) is 3.92. The Balaban J connectivity index is 2.56. The van der Waals surface area contributed by atoms with Crippen molar-refractivity contribution in [2.75, 3.05) is 13.1 Å². The molecule has 1 aliphatic heterocycles. The van der Waals surface area contributed by atoms with E-state index in [9.17, 15) is 18.4 Å². The summed E-state index contributed by atoms with van der Waals surface area (Å²) in [5.41, 5.74) is 5.32. The third-order valence-corrected chi connectivity index (χ3v) is 2.42. The van der Waals surface area contributed by atoms with Gasteiger partial charge in [-0.1, -0.05) is 0 Å². The van der Waals surface area contributed by atoms with Gasteiger partial charge in [-0.3, -0.25) is 9.59 Å². The maximum absolute atomic E-state index is 13.0. The molecule has 0 aromatic heterocycles. The Kier molecular flexibility index (Phi) is 3.79. The molecular formula is C9H14F2N2O3. The van der Waals surface area contributed by atoms with Gasteiger partial charge in [0.1, 0.15) is 0 Å². The van der Waals surface area contributed by atoms with Gasteiger partial charge in [-0.2, -0.15) is 0 Å². The quantitative estimate of drug-likeness (QED) is 0.725. The molecular weight excluding hydrogens is 222 g/mol. The van der Waals surface area contributed by atoms with E-state index in [0.717, 1.165) is 4.90 Å². The number of carboxylic acid groups (broad SMARTS) is 1. The highest BCUT2D eigenvalue weighted by Gasteiger charge is 2.38. The van der Waals surface area contributed by atoms with Gasteiger partial charge in [0, 0.05) is 13.0 Å².